The van der Waals surface area contributed by atoms with Gasteiger partial charge in [0.2, 0.25) is 11.8 Å². The highest BCUT2D eigenvalue weighted by Crippen LogP contribution is 2.42. The smallest absolute Gasteiger partial charge is 0.244 e. The number of nitrogens with one attached hydrogen (secondary N) is 1. The van der Waals surface area contributed by atoms with Gasteiger partial charge in [-0.25, -0.2) is 13.9 Å². The quantitative estimate of drug-likeness (QED) is 0.456. The molecule has 1 saturated heterocycles. The number of aromatic nitrogens is 5. The van der Waals surface area contributed by atoms with E-state index in [9.17, 15) is 4.39 Å². The number of halogens is 1. The monoisotopic (exact) mass is 464 g/mol. The molecule has 0 atom stereocenters. The predicted octanol–water partition coefficient (Wildman–Crippen LogP) is 4.40. The van der Waals surface area contributed by atoms with E-state index in [1.165, 1.54) is 12.8 Å². The molecule has 1 aliphatic heterocycles. The van der Waals surface area contributed by atoms with Crippen LogP contribution < -0.4 is 10.1 Å². The summed E-state index contributed by atoms with van der Waals surface area (Å²) in [6.45, 7) is 3.57. The van der Waals surface area contributed by atoms with Gasteiger partial charge in [-0.3, -0.25) is 0 Å². The molecule has 0 amide bonds. The van der Waals surface area contributed by atoms with E-state index in [4.69, 9.17) is 19.6 Å². The Hall–Kier alpha value is -3.20. The number of hydrogen-bond acceptors (Lipinski definition) is 6. The second-order valence-electron chi connectivity index (χ2n) is 9.58. The van der Waals surface area contributed by atoms with Gasteiger partial charge in [0.15, 0.2) is 0 Å². The van der Waals surface area contributed by atoms with E-state index in [0.29, 0.717) is 29.8 Å². The topological polar surface area (TPSA) is 78.5 Å². The summed E-state index contributed by atoms with van der Waals surface area (Å²) in [5, 5.41) is 8.25. The second-order valence-corrected chi connectivity index (χ2v) is 9.58. The molecule has 1 aromatic carbocycles. The zero-order valence-corrected chi connectivity index (χ0v) is 19.6. The third-order valence-corrected chi connectivity index (χ3v) is 7.43. The van der Waals surface area contributed by atoms with E-state index in [0.717, 1.165) is 59.6 Å². The minimum atomic E-state index is -0.432. The molecule has 34 heavy (non-hydrogen) atoms. The third kappa shape index (κ3) is 3.50. The standard InChI is InChI=1S/C25H29FN6O2/c1-16-27-20-4-3-17(13-21(20)31(16)12-10-26)19-7-11-32-22(19)23(33-2)29-24(30-32)28-18-5-8-25(9-6-18)14-34-15-25/h3-4,7,11,13,18H,5-6,8-10,12,14-15H2,1-2H3,(H,28,30). The molecule has 0 unspecified atom stereocenters. The number of fused-ring (bicyclic) bond motifs is 2. The first-order valence-corrected chi connectivity index (χ1v) is 11.9. The average Bonchev–Trinajstić information content (AvgIpc) is 3.39. The summed E-state index contributed by atoms with van der Waals surface area (Å²) >= 11 is 0. The number of rotatable bonds is 6. The first-order valence-electron chi connectivity index (χ1n) is 11.9. The number of hydrogen-bond donors (Lipinski definition) is 1. The Morgan fingerprint density at radius 1 is 1.21 bits per heavy atom. The first kappa shape index (κ1) is 21.3. The largest absolute Gasteiger partial charge is 0.479 e. The van der Waals surface area contributed by atoms with Gasteiger partial charge in [0.05, 0.1) is 37.9 Å². The Morgan fingerprint density at radius 2 is 2.03 bits per heavy atom. The number of ether oxygens (including phenoxy) is 2. The summed E-state index contributed by atoms with van der Waals surface area (Å²) in [5.41, 5.74) is 4.93. The lowest BCUT2D eigenvalue weighted by Gasteiger charge is -2.46. The normalized spacial score (nSPS) is 18.0. The molecule has 4 heterocycles. The van der Waals surface area contributed by atoms with Gasteiger partial charge in [0.25, 0.3) is 0 Å². The van der Waals surface area contributed by atoms with Crippen molar-refractivity contribution in [1.82, 2.24) is 24.1 Å². The Morgan fingerprint density at radius 3 is 2.74 bits per heavy atom. The molecule has 1 spiro atoms. The van der Waals surface area contributed by atoms with E-state index >= 15 is 0 Å². The van der Waals surface area contributed by atoms with Crippen molar-refractivity contribution in [1.29, 1.82) is 0 Å². The van der Waals surface area contributed by atoms with Crippen LogP contribution in [0, 0.1) is 12.3 Å². The SMILES string of the molecule is COc1nc(NC2CCC3(CC2)COC3)nn2ccc(-c3ccc4nc(C)n(CCF)c4c3)c12. The van der Waals surface area contributed by atoms with Crippen molar-refractivity contribution in [3.05, 3.63) is 36.3 Å². The summed E-state index contributed by atoms with van der Waals surface area (Å²) in [6.07, 6.45) is 6.47. The number of imidazole rings is 1. The molecule has 1 saturated carbocycles. The van der Waals surface area contributed by atoms with Crippen molar-refractivity contribution in [3.8, 4) is 17.0 Å². The van der Waals surface area contributed by atoms with Crippen LogP contribution in [-0.2, 0) is 11.3 Å². The Bertz CT molecular complexity index is 1350. The zero-order chi connectivity index (χ0) is 23.3. The van der Waals surface area contributed by atoms with E-state index in [-0.39, 0.29) is 0 Å². The number of benzene rings is 1. The van der Waals surface area contributed by atoms with Crippen LogP contribution in [-0.4, -0.2) is 57.2 Å². The van der Waals surface area contributed by atoms with Crippen LogP contribution in [0.25, 0.3) is 27.7 Å². The van der Waals surface area contributed by atoms with Crippen molar-refractivity contribution in [3.63, 3.8) is 0 Å². The third-order valence-electron chi connectivity index (χ3n) is 7.43. The Kier molecular flexibility index (Phi) is 5.17. The summed E-state index contributed by atoms with van der Waals surface area (Å²) in [4.78, 5) is 9.26. The van der Waals surface area contributed by atoms with Gasteiger partial charge in [-0.1, -0.05) is 6.07 Å². The lowest BCUT2D eigenvalue weighted by Crippen LogP contribution is -2.47. The van der Waals surface area contributed by atoms with Crippen molar-refractivity contribution in [2.75, 3.05) is 32.3 Å². The molecular weight excluding hydrogens is 435 g/mol. The fraction of sp³-hybridized carbons (Fsp3) is 0.480. The van der Waals surface area contributed by atoms with Crippen LogP contribution in [0.4, 0.5) is 10.3 Å². The maximum atomic E-state index is 13.1. The number of nitrogens with zero attached hydrogens (tertiary/aromatic N) is 5. The number of anilines is 1. The molecule has 4 aromatic rings. The second kappa shape index (κ2) is 8.23. The van der Waals surface area contributed by atoms with Gasteiger partial charge in [-0.05, 0) is 56.4 Å². The van der Waals surface area contributed by atoms with Crippen LogP contribution in [0.2, 0.25) is 0 Å². The molecular formula is C25H29FN6O2. The van der Waals surface area contributed by atoms with Gasteiger partial charge in [0, 0.05) is 23.2 Å². The summed E-state index contributed by atoms with van der Waals surface area (Å²) in [5.74, 6) is 1.90. The number of alkyl halides is 1. The highest BCUT2D eigenvalue weighted by molar-refractivity contribution is 5.89. The van der Waals surface area contributed by atoms with Crippen molar-refractivity contribution < 1.29 is 13.9 Å². The summed E-state index contributed by atoms with van der Waals surface area (Å²) in [7, 11) is 1.63. The Balaban J connectivity index is 1.32. The van der Waals surface area contributed by atoms with Gasteiger partial charge < -0.3 is 19.4 Å². The van der Waals surface area contributed by atoms with Crippen LogP contribution in [0.1, 0.15) is 31.5 Å². The number of methoxy groups -OCH3 is 1. The zero-order valence-electron chi connectivity index (χ0n) is 19.6. The van der Waals surface area contributed by atoms with Crippen LogP contribution in [0.5, 0.6) is 5.88 Å². The minimum absolute atomic E-state index is 0.291. The maximum Gasteiger partial charge on any atom is 0.244 e. The maximum absolute atomic E-state index is 13.1. The predicted molar refractivity (Wildman–Crippen MR) is 128 cm³/mol. The first-order chi connectivity index (χ1) is 16.6. The lowest BCUT2D eigenvalue weighted by atomic mass is 9.71. The molecule has 0 bridgehead atoms. The summed E-state index contributed by atoms with van der Waals surface area (Å²) in [6, 6.07) is 8.42. The van der Waals surface area contributed by atoms with Gasteiger partial charge in [-0.15, -0.1) is 5.10 Å². The number of aryl methyl sites for hydroxylation is 2. The summed E-state index contributed by atoms with van der Waals surface area (Å²) < 4.78 is 28.0. The van der Waals surface area contributed by atoms with E-state index in [2.05, 4.69) is 10.3 Å². The molecule has 2 fully saturated rings. The molecule has 6 rings (SSSR count). The molecule has 3 aromatic heterocycles. The molecule has 2 aliphatic rings. The molecule has 0 radical (unpaired) electrons. The van der Waals surface area contributed by atoms with Gasteiger partial charge in [-0.2, -0.15) is 4.98 Å². The fourth-order valence-electron chi connectivity index (χ4n) is 5.44. The van der Waals surface area contributed by atoms with E-state index in [1.807, 2.05) is 46.5 Å². The van der Waals surface area contributed by atoms with E-state index in [1.54, 1.807) is 7.11 Å². The van der Waals surface area contributed by atoms with Crippen LogP contribution in [0.3, 0.4) is 0 Å². The van der Waals surface area contributed by atoms with Gasteiger partial charge in [0.1, 0.15) is 18.0 Å². The van der Waals surface area contributed by atoms with Crippen molar-refractivity contribution >= 4 is 22.5 Å². The van der Waals surface area contributed by atoms with Gasteiger partial charge >= 0.3 is 0 Å². The molecule has 9 heteroatoms. The molecule has 1 aliphatic carbocycles. The van der Waals surface area contributed by atoms with Crippen molar-refractivity contribution in [2.45, 2.75) is 45.2 Å². The molecule has 8 nitrogen and oxygen atoms in total. The Labute approximate surface area is 197 Å². The van der Waals surface area contributed by atoms with Crippen LogP contribution in [0.15, 0.2) is 30.5 Å². The fourth-order valence-corrected chi connectivity index (χ4v) is 5.44. The van der Waals surface area contributed by atoms with E-state index < -0.39 is 6.67 Å². The lowest BCUT2D eigenvalue weighted by molar-refractivity contribution is -0.131. The average molecular weight is 465 g/mol. The molecule has 1 N–H and O–H groups in total. The minimum Gasteiger partial charge on any atom is -0.479 e. The van der Waals surface area contributed by atoms with Crippen molar-refractivity contribution in [2.24, 2.45) is 5.41 Å². The molecule has 178 valence electrons. The highest BCUT2D eigenvalue weighted by atomic mass is 19.1. The van der Waals surface area contributed by atoms with Crippen LogP contribution >= 0.6 is 0 Å². The highest BCUT2D eigenvalue weighted by Gasteiger charge is 2.41.